The van der Waals surface area contributed by atoms with Crippen LogP contribution in [0.15, 0.2) is 0 Å². The zero-order chi connectivity index (χ0) is 6.57. The first kappa shape index (κ1) is 7.47. The van der Waals surface area contributed by atoms with Crippen molar-refractivity contribution in [1.29, 1.82) is 0 Å². The smallest absolute Gasteiger partial charge is 0.238 e. The average molecular weight is 113 g/mol. The minimum atomic E-state index is -0.476. The van der Waals surface area contributed by atoms with Gasteiger partial charge in [-0.2, -0.15) is 0 Å². The van der Waals surface area contributed by atoms with Crippen LogP contribution in [0.3, 0.4) is 0 Å². The molecule has 0 aromatic rings. The monoisotopic (exact) mass is 113 g/mol. The van der Waals surface area contributed by atoms with E-state index in [0.717, 1.165) is 0 Å². The highest BCUT2D eigenvalue weighted by atomic mass is 16.1. The molecule has 0 bridgehead atoms. The van der Waals surface area contributed by atoms with Gasteiger partial charge in [0.15, 0.2) is 0 Å². The van der Waals surface area contributed by atoms with Crippen LogP contribution in [-0.2, 0) is 4.79 Å². The van der Waals surface area contributed by atoms with Crippen LogP contribution in [0.2, 0.25) is 0 Å². The molecule has 0 aliphatic rings. The average Bonchev–Trinajstić information content (AvgIpc) is 1.65. The SMILES string of the molecule is C[CH]C(C)CC([NH])=O. The molecule has 0 rings (SSSR count). The summed E-state index contributed by atoms with van der Waals surface area (Å²) in [5, 5.41) is 0. The van der Waals surface area contributed by atoms with Gasteiger partial charge in [-0.15, -0.1) is 0 Å². The van der Waals surface area contributed by atoms with Crippen LogP contribution < -0.4 is 5.73 Å². The maximum atomic E-state index is 10.1. The van der Waals surface area contributed by atoms with Gasteiger partial charge < -0.3 is 0 Å². The highest BCUT2D eigenvalue weighted by Gasteiger charge is 2.01. The molecule has 1 amide bonds. The molecule has 2 heteroatoms. The third-order valence-electron chi connectivity index (χ3n) is 1.08. The van der Waals surface area contributed by atoms with Crippen LogP contribution in [0.4, 0.5) is 0 Å². The van der Waals surface area contributed by atoms with Crippen LogP contribution >= 0.6 is 0 Å². The Bertz CT molecular complexity index is 80.6. The molecule has 46 valence electrons. The molecule has 0 aliphatic heterocycles. The molecule has 0 saturated carbocycles. The molecule has 0 aliphatic carbocycles. The first-order valence-corrected chi connectivity index (χ1v) is 2.70. The molecule has 0 saturated heterocycles. The molecule has 1 unspecified atom stereocenters. The van der Waals surface area contributed by atoms with Gasteiger partial charge >= 0.3 is 0 Å². The number of carbonyl (C=O) groups is 1. The first-order valence-electron chi connectivity index (χ1n) is 2.70. The normalized spacial score (nSPS) is 13.2. The minimum absolute atomic E-state index is 0.264. The maximum absolute atomic E-state index is 10.1. The molecule has 0 aromatic heterocycles. The summed E-state index contributed by atoms with van der Waals surface area (Å²) < 4.78 is 0. The Kier molecular flexibility index (Phi) is 3.24. The molecule has 1 atom stereocenters. The van der Waals surface area contributed by atoms with Gasteiger partial charge in [-0.05, 0) is 12.3 Å². The lowest BCUT2D eigenvalue weighted by Gasteiger charge is -2.00. The van der Waals surface area contributed by atoms with E-state index < -0.39 is 5.91 Å². The van der Waals surface area contributed by atoms with E-state index in [2.05, 4.69) is 0 Å². The third-order valence-corrected chi connectivity index (χ3v) is 1.08. The summed E-state index contributed by atoms with van der Waals surface area (Å²) in [7, 11) is 0. The van der Waals surface area contributed by atoms with E-state index in [1.165, 1.54) is 0 Å². The topological polar surface area (TPSA) is 40.9 Å². The number of rotatable bonds is 3. The second-order valence-electron chi connectivity index (χ2n) is 1.94. The van der Waals surface area contributed by atoms with Crippen molar-refractivity contribution >= 4 is 5.91 Å². The van der Waals surface area contributed by atoms with E-state index in [4.69, 9.17) is 5.73 Å². The van der Waals surface area contributed by atoms with Gasteiger partial charge in [-0.3, -0.25) is 10.5 Å². The molecule has 2 radical (unpaired) electrons. The molecule has 0 aromatic carbocycles. The van der Waals surface area contributed by atoms with Crippen LogP contribution in [0.5, 0.6) is 0 Å². The Morgan fingerprint density at radius 1 is 1.88 bits per heavy atom. The van der Waals surface area contributed by atoms with Gasteiger partial charge in [-0.25, -0.2) is 0 Å². The predicted octanol–water partition coefficient (Wildman–Crippen LogP) is 1.05. The second-order valence-corrected chi connectivity index (χ2v) is 1.94. The molecular formula is C6H11NO. The Balaban J connectivity index is 3.24. The van der Waals surface area contributed by atoms with E-state index in [1.807, 2.05) is 20.3 Å². The summed E-state index contributed by atoms with van der Waals surface area (Å²) in [6.45, 7) is 3.82. The minimum Gasteiger partial charge on any atom is -0.273 e. The molecule has 0 heterocycles. The molecule has 0 fully saturated rings. The van der Waals surface area contributed by atoms with Crippen molar-refractivity contribution in [2.75, 3.05) is 0 Å². The Hall–Kier alpha value is -0.530. The second kappa shape index (κ2) is 3.47. The van der Waals surface area contributed by atoms with Gasteiger partial charge in [0.1, 0.15) is 0 Å². The van der Waals surface area contributed by atoms with E-state index in [0.29, 0.717) is 6.42 Å². The molecule has 8 heavy (non-hydrogen) atoms. The van der Waals surface area contributed by atoms with Crippen molar-refractivity contribution in [3.05, 3.63) is 6.42 Å². The summed E-state index contributed by atoms with van der Waals surface area (Å²) in [5.74, 6) is -0.212. The van der Waals surface area contributed by atoms with Crippen molar-refractivity contribution < 1.29 is 4.79 Å². The lowest BCUT2D eigenvalue weighted by molar-refractivity contribution is -0.119. The van der Waals surface area contributed by atoms with E-state index in [1.54, 1.807) is 0 Å². The number of carbonyl (C=O) groups excluding carboxylic acids is 1. The summed E-state index contributed by atoms with van der Waals surface area (Å²) in [4.78, 5) is 10.1. The largest absolute Gasteiger partial charge is 0.273 e. The molecule has 1 N–H and O–H groups in total. The summed E-state index contributed by atoms with van der Waals surface area (Å²) in [5.41, 5.74) is 6.55. The fourth-order valence-corrected chi connectivity index (χ4v) is 0.410. The van der Waals surface area contributed by atoms with Gasteiger partial charge in [-0.1, -0.05) is 13.8 Å². The molecular weight excluding hydrogens is 102 g/mol. The van der Waals surface area contributed by atoms with E-state index >= 15 is 0 Å². The summed E-state index contributed by atoms with van der Waals surface area (Å²) in [6, 6.07) is 0. The Morgan fingerprint density at radius 3 is 2.50 bits per heavy atom. The van der Waals surface area contributed by atoms with Crippen molar-refractivity contribution in [3.63, 3.8) is 0 Å². The van der Waals surface area contributed by atoms with Crippen LogP contribution in [0.25, 0.3) is 0 Å². The fraction of sp³-hybridized carbons (Fsp3) is 0.667. The van der Waals surface area contributed by atoms with Gasteiger partial charge in [0.25, 0.3) is 0 Å². The highest BCUT2D eigenvalue weighted by Crippen LogP contribution is 2.03. The summed E-state index contributed by atoms with van der Waals surface area (Å²) >= 11 is 0. The number of amides is 1. The lowest BCUT2D eigenvalue weighted by Crippen LogP contribution is -2.04. The van der Waals surface area contributed by atoms with Crippen molar-refractivity contribution in [2.45, 2.75) is 20.3 Å². The molecule has 0 spiro atoms. The van der Waals surface area contributed by atoms with Crippen LogP contribution in [0, 0.1) is 12.3 Å². The van der Waals surface area contributed by atoms with Gasteiger partial charge in [0.05, 0.1) is 0 Å². The quantitative estimate of drug-likeness (QED) is 0.539. The molecule has 2 nitrogen and oxygen atoms in total. The Labute approximate surface area is 50.1 Å². The zero-order valence-electron chi connectivity index (χ0n) is 5.27. The van der Waals surface area contributed by atoms with E-state index in [-0.39, 0.29) is 5.92 Å². The van der Waals surface area contributed by atoms with Crippen LogP contribution in [-0.4, -0.2) is 5.91 Å². The van der Waals surface area contributed by atoms with Crippen LogP contribution in [0.1, 0.15) is 20.3 Å². The van der Waals surface area contributed by atoms with Crippen molar-refractivity contribution in [2.24, 2.45) is 5.92 Å². The first-order chi connectivity index (χ1) is 3.66. The Morgan fingerprint density at radius 2 is 2.38 bits per heavy atom. The van der Waals surface area contributed by atoms with E-state index in [9.17, 15) is 4.79 Å². The van der Waals surface area contributed by atoms with Crippen molar-refractivity contribution in [1.82, 2.24) is 5.73 Å². The number of hydrogen-bond donors (Lipinski definition) is 0. The lowest BCUT2D eigenvalue weighted by atomic mass is 10.1. The third kappa shape index (κ3) is 3.65. The number of nitrogens with one attached hydrogen (secondary N) is 1. The predicted molar refractivity (Wildman–Crippen MR) is 31.9 cm³/mol. The number of hydrogen-bond acceptors (Lipinski definition) is 1. The standard InChI is InChI=1S/C6H11NO/c1-3-5(2)4-6(7)8/h3,5,7H,4H2,1-2H3. The van der Waals surface area contributed by atoms with Crippen molar-refractivity contribution in [3.8, 4) is 0 Å². The van der Waals surface area contributed by atoms with Gasteiger partial charge in [0.2, 0.25) is 5.91 Å². The highest BCUT2D eigenvalue weighted by molar-refractivity contribution is 5.73. The van der Waals surface area contributed by atoms with Gasteiger partial charge in [0, 0.05) is 6.42 Å². The fourth-order valence-electron chi connectivity index (χ4n) is 0.410. The maximum Gasteiger partial charge on any atom is 0.238 e. The summed E-state index contributed by atoms with van der Waals surface area (Å²) in [6.07, 6.45) is 2.28. The zero-order valence-corrected chi connectivity index (χ0v) is 5.27.